The van der Waals surface area contributed by atoms with Crippen LogP contribution in [-0.2, 0) is 16.6 Å². The predicted octanol–water partition coefficient (Wildman–Crippen LogP) is 1.34. The van der Waals surface area contributed by atoms with Crippen molar-refractivity contribution in [1.29, 1.82) is 0 Å². The van der Waals surface area contributed by atoms with Crippen LogP contribution in [0, 0.1) is 13.8 Å². The first-order chi connectivity index (χ1) is 9.77. The number of nitrogens with one attached hydrogen (secondary N) is 1. The number of benzene rings is 1. The number of rotatable bonds is 4. The molecule has 3 N–H and O–H groups in total. The summed E-state index contributed by atoms with van der Waals surface area (Å²) in [5.74, 6) is -0.186. The number of carbonyl (C=O) groups excluding carboxylic acids is 1. The number of hydrogen-bond acceptors (Lipinski definition) is 5. The standard InChI is InChI=1S/C13H15N3O3S2/c1-8-12(20-9(2)16-8)13(17)15-7-10-3-5-11(6-4-10)21(14,18)19/h3-6H,7H2,1-2H3,(H,15,17)(H2,14,18,19). The van der Waals surface area contributed by atoms with Crippen LogP contribution in [0.25, 0.3) is 0 Å². The average molecular weight is 325 g/mol. The van der Waals surface area contributed by atoms with Gasteiger partial charge in [-0.1, -0.05) is 12.1 Å². The number of aryl methyl sites for hydroxylation is 2. The summed E-state index contributed by atoms with van der Waals surface area (Å²) in [6.07, 6.45) is 0. The van der Waals surface area contributed by atoms with Crippen molar-refractivity contribution in [1.82, 2.24) is 10.3 Å². The van der Waals surface area contributed by atoms with E-state index < -0.39 is 10.0 Å². The van der Waals surface area contributed by atoms with Crippen LogP contribution in [-0.4, -0.2) is 19.3 Å². The molecule has 6 nitrogen and oxygen atoms in total. The Bertz CT molecular complexity index is 764. The summed E-state index contributed by atoms with van der Waals surface area (Å²) in [4.78, 5) is 16.9. The molecular weight excluding hydrogens is 310 g/mol. The minimum absolute atomic E-state index is 0.0477. The van der Waals surface area contributed by atoms with E-state index >= 15 is 0 Å². The summed E-state index contributed by atoms with van der Waals surface area (Å²) in [5, 5.41) is 8.64. The van der Waals surface area contributed by atoms with Gasteiger partial charge >= 0.3 is 0 Å². The second-order valence-electron chi connectivity index (χ2n) is 4.52. The third-order valence-corrected chi connectivity index (χ3v) is 4.82. The van der Waals surface area contributed by atoms with Gasteiger partial charge in [-0.15, -0.1) is 11.3 Å². The van der Waals surface area contributed by atoms with Gasteiger partial charge in [-0.05, 0) is 31.5 Å². The van der Waals surface area contributed by atoms with Gasteiger partial charge in [-0.3, -0.25) is 4.79 Å². The zero-order valence-corrected chi connectivity index (χ0v) is 13.2. The summed E-state index contributed by atoms with van der Waals surface area (Å²) in [5.41, 5.74) is 1.49. The van der Waals surface area contributed by atoms with E-state index in [2.05, 4.69) is 10.3 Å². The zero-order chi connectivity index (χ0) is 15.6. The molecule has 0 aliphatic rings. The molecule has 0 aliphatic carbocycles. The normalized spacial score (nSPS) is 11.4. The first-order valence-electron chi connectivity index (χ1n) is 6.11. The highest BCUT2D eigenvalue weighted by atomic mass is 32.2. The van der Waals surface area contributed by atoms with Gasteiger partial charge in [0.2, 0.25) is 10.0 Å². The largest absolute Gasteiger partial charge is 0.347 e. The molecule has 0 saturated carbocycles. The van der Waals surface area contributed by atoms with E-state index in [1.54, 1.807) is 19.1 Å². The number of hydrogen-bond donors (Lipinski definition) is 2. The lowest BCUT2D eigenvalue weighted by Crippen LogP contribution is -2.22. The molecule has 1 amide bonds. The van der Waals surface area contributed by atoms with E-state index in [-0.39, 0.29) is 10.8 Å². The molecular formula is C13H15N3O3S2. The second-order valence-corrected chi connectivity index (χ2v) is 7.28. The van der Waals surface area contributed by atoms with E-state index in [9.17, 15) is 13.2 Å². The zero-order valence-electron chi connectivity index (χ0n) is 11.6. The maximum absolute atomic E-state index is 12.0. The first-order valence-corrected chi connectivity index (χ1v) is 8.47. The number of thiazole rings is 1. The number of aromatic nitrogens is 1. The van der Waals surface area contributed by atoms with Gasteiger partial charge in [-0.25, -0.2) is 18.5 Å². The topological polar surface area (TPSA) is 102 Å². The molecule has 0 fully saturated rings. The number of carbonyl (C=O) groups is 1. The molecule has 0 radical (unpaired) electrons. The molecule has 21 heavy (non-hydrogen) atoms. The van der Waals surface area contributed by atoms with Gasteiger partial charge in [0.1, 0.15) is 4.88 Å². The highest BCUT2D eigenvalue weighted by Gasteiger charge is 2.13. The van der Waals surface area contributed by atoms with Crippen LogP contribution in [0.5, 0.6) is 0 Å². The smallest absolute Gasteiger partial charge is 0.263 e. The molecule has 1 heterocycles. The Morgan fingerprint density at radius 1 is 1.29 bits per heavy atom. The lowest BCUT2D eigenvalue weighted by atomic mass is 10.2. The number of nitrogens with two attached hydrogens (primary N) is 1. The summed E-state index contributed by atoms with van der Waals surface area (Å²) in [7, 11) is -3.69. The minimum Gasteiger partial charge on any atom is -0.347 e. The average Bonchev–Trinajstić information content (AvgIpc) is 2.74. The Morgan fingerprint density at radius 3 is 2.38 bits per heavy atom. The van der Waals surface area contributed by atoms with Crippen LogP contribution in [0.3, 0.4) is 0 Å². The third kappa shape index (κ3) is 3.87. The summed E-state index contributed by atoms with van der Waals surface area (Å²) < 4.78 is 22.3. The summed E-state index contributed by atoms with van der Waals surface area (Å²) in [6.45, 7) is 3.94. The van der Waals surface area contributed by atoms with Crippen LogP contribution >= 0.6 is 11.3 Å². The van der Waals surface area contributed by atoms with Crippen LogP contribution in [0.2, 0.25) is 0 Å². The first kappa shape index (κ1) is 15.6. The lowest BCUT2D eigenvalue weighted by Gasteiger charge is -2.05. The number of sulfonamides is 1. The van der Waals surface area contributed by atoms with E-state index in [1.807, 2.05) is 6.92 Å². The van der Waals surface area contributed by atoms with E-state index in [0.29, 0.717) is 17.1 Å². The molecule has 0 bridgehead atoms. The molecule has 1 aromatic carbocycles. The highest BCUT2D eigenvalue weighted by Crippen LogP contribution is 2.17. The van der Waals surface area contributed by atoms with Gasteiger partial charge in [0, 0.05) is 6.54 Å². The fourth-order valence-electron chi connectivity index (χ4n) is 1.80. The van der Waals surface area contributed by atoms with Crippen molar-refractivity contribution >= 4 is 27.3 Å². The SMILES string of the molecule is Cc1nc(C)c(C(=O)NCc2ccc(S(N)(=O)=O)cc2)s1. The van der Waals surface area contributed by atoms with Crippen LogP contribution in [0.1, 0.15) is 25.9 Å². The number of nitrogens with zero attached hydrogens (tertiary/aromatic N) is 1. The van der Waals surface area contributed by atoms with Gasteiger partial charge in [0.15, 0.2) is 0 Å². The van der Waals surface area contributed by atoms with Gasteiger partial charge in [0.25, 0.3) is 5.91 Å². The third-order valence-electron chi connectivity index (χ3n) is 2.81. The molecule has 2 rings (SSSR count). The molecule has 0 aliphatic heterocycles. The summed E-state index contributed by atoms with van der Waals surface area (Å²) >= 11 is 1.34. The van der Waals surface area contributed by atoms with Crippen molar-refractivity contribution in [3.8, 4) is 0 Å². The van der Waals surface area contributed by atoms with Crippen molar-refractivity contribution in [2.45, 2.75) is 25.3 Å². The van der Waals surface area contributed by atoms with Crippen molar-refractivity contribution in [2.24, 2.45) is 5.14 Å². The predicted molar refractivity (Wildman–Crippen MR) is 80.6 cm³/mol. The van der Waals surface area contributed by atoms with Crippen LogP contribution < -0.4 is 10.5 Å². The Labute approximate surface area is 127 Å². The van der Waals surface area contributed by atoms with Gasteiger partial charge < -0.3 is 5.32 Å². The van der Waals surface area contributed by atoms with Crippen molar-refractivity contribution in [2.75, 3.05) is 0 Å². The molecule has 0 unspecified atom stereocenters. The molecule has 0 saturated heterocycles. The van der Waals surface area contributed by atoms with E-state index in [0.717, 1.165) is 10.6 Å². The van der Waals surface area contributed by atoms with Crippen LogP contribution in [0.15, 0.2) is 29.2 Å². The van der Waals surface area contributed by atoms with Gasteiger partial charge in [0.05, 0.1) is 15.6 Å². The Balaban J connectivity index is 2.03. The quantitative estimate of drug-likeness (QED) is 0.885. The summed E-state index contributed by atoms with van der Waals surface area (Å²) in [6, 6.07) is 6.06. The molecule has 8 heteroatoms. The highest BCUT2D eigenvalue weighted by molar-refractivity contribution is 7.89. The number of amides is 1. The van der Waals surface area contributed by atoms with Gasteiger partial charge in [-0.2, -0.15) is 0 Å². The molecule has 0 atom stereocenters. The van der Waals surface area contributed by atoms with Crippen LogP contribution in [0.4, 0.5) is 0 Å². The number of primary sulfonamides is 1. The van der Waals surface area contributed by atoms with Crippen molar-refractivity contribution < 1.29 is 13.2 Å². The molecule has 0 spiro atoms. The fraction of sp³-hybridized carbons (Fsp3) is 0.231. The second kappa shape index (κ2) is 5.92. The van der Waals surface area contributed by atoms with Crippen molar-refractivity contribution in [3.05, 3.63) is 45.4 Å². The monoisotopic (exact) mass is 325 g/mol. The molecule has 1 aromatic heterocycles. The van der Waals surface area contributed by atoms with Crippen molar-refractivity contribution in [3.63, 3.8) is 0 Å². The minimum atomic E-state index is -3.69. The van der Waals surface area contributed by atoms with E-state index in [1.165, 1.54) is 23.5 Å². The van der Waals surface area contributed by atoms with E-state index in [4.69, 9.17) is 5.14 Å². The molecule has 112 valence electrons. The Hall–Kier alpha value is -1.77. The fourth-order valence-corrected chi connectivity index (χ4v) is 3.15. The Kier molecular flexibility index (Phi) is 4.40. The maximum atomic E-state index is 12.0. The Morgan fingerprint density at radius 2 is 1.90 bits per heavy atom. The molecule has 2 aromatic rings. The lowest BCUT2D eigenvalue weighted by molar-refractivity contribution is 0.0954. The maximum Gasteiger partial charge on any atom is 0.263 e.